The number of carbonyl (C=O) groups is 2. The van der Waals surface area contributed by atoms with E-state index in [1.807, 2.05) is 29.8 Å². The number of rotatable bonds is 5. The Morgan fingerprint density at radius 1 is 1.43 bits per heavy atom. The number of hydrogen-bond donors (Lipinski definition) is 3. The predicted molar refractivity (Wildman–Crippen MR) is 81.2 cm³/mol. The van der Waals surface area contributed by atoms with E-state index in [1.54, 1.807) is 6.92 Å². The van der Waals surface area contributed by atoms with Crippen molar-refractivity contribution in [3.8, 4) is 0 Å². The second-order valence-electron chi connectivity index (χ2n) is 5.37. The summed E-state index contributed by atoms with van der Waals surface area (Å²) in [7, 11) is 0. The molecule has 1 aliphatic heterocycles. The van der Waals surface area contributed by atoms with E-state index in [0.717, 1.165) is 25.9 Å². The van der Waals surface area contributed by atoms with Gasteiger partial charge >= 0.3 is 0 Å². The summed E-state index contributed by atoms with van der Waals surface area (Å²) in [5.74, 6) is -0.358. The molecule has 116 valence electrons. The van der Waals surface area contributed by atoms with Gasteiger partial charge in [0.15, 0.2) is 0 Å². The highest BCUT2D eigenvalue weighted by Gasteiger charge is 2.22. The number of likely N-dealkylation sites (N-methyl/N-ethyl adjacent to an activating group) is 1. The molecule has 2 amide bonds. The predicted octanol–water partition coefficient (Wildman–Crippen LogP) is 0.667. The van der Waals surface area contributed by atoms with Gasteiger partial charge < -0.3 is 20.5 Å². The van der Waals surface area contributed by atoms with Crippen molar-refractivity contribution in [2.75, 3.05) is 19.6 Å². The van der Waals surface area contributed by atoms with E-state index >= 15 is 0 Å². The van der Waals surface area contributed by atoms with Gasteiger partial charge in [0.05, 0.1) is 0 Å². The van der Waals surface area contributed by atoms with Gasteiger partial charge in [-0.1, -0.05) is 0 Å². The number of nitrogens with one attached hydrogen (secondary N) is 3. The molecule has 1 aliphatic rings. The topological polar surface area (TPSA) is 75.2 Å². The molecule has 0 spiro atoms. The second kappa shape index (κ2) is 7.26. The van der Waals surface area contributed by atoms with Crippen molar-refractivity contribution in [2.24, 2.45) is 0 Å². The zero-order chi connectivity index (χ0) is 15.2. The van der Waals surface area contributed by atoms with Crippen molar-refractivity contribution in [3.05, 3.63) is 24.0 Å². The van der Waals surface area contributed by atoms with Crippen LogP contribution in [0.2, 0.25) is 0 Å². The summed E-state index contributed by atoms with van der Waals surface area (Å²) in [5.41, 5.74) is 0.623. The first kappa shape index (κ1) is 15.6. The Labute approximate surface area is 125 Å². The number of hydrogen-bond acceptors (Lipinski definition) is 3. The van der Waals surface area contributed by atoms with Crippen molar-refractivity contribution in [3.63, 3.8) is 0 Å². The molecule has 0 saturated carbocycles. The van der Waals surface area contributed by atoms with Crippen molar-refractivity contribution in [1.29, 1.82) is 0 Å². The molecular formula is C15H24N4O2. The summed E-state index contributed by atoms with van der Waals surface area (Å²) in [6.45, 7) is 6.05. The lowest BCUT2D eigenvalue weighted by Crippen LogP contribution is -2.45. The van der Waals surface area contributed by atoms with Crippen molar-refractivity contribution >= 4 is 11.8 Å². The highest BCUT2D eigenvalue weighted by Crippen LogP contribution is 2.21. The molecule has 6 heteroatoms. The molecule has 2 heterocycles. The van der Waals surface area contributed by atoms with Gasteiger partial charge in [0.25, 0.3) is 5.91 Å². The molecule has 1 atom stereocenters. The molecule has 1 fully saturated rings. The summed E-state index contributed by atoms with van der Waals surface area (Å²) in [6, 6.07) is 3.51. The molecule has 0 bridgehead atoms. The highest BCUT2D eigenvalue weighted by molar-refractivity contribution is 5.96. The Morgan fingerprint density at radius 3 is 2.81 bits per heavy atom. The van der Waals surface area contributed by atoms with Crippen LogP contribution in [0.5, 0.6) is 0 Å². The maximum atomic E-state index is 12.4. The Hall–Kier alpha value is -1.82. The Kier molecular flexibility index (Phi) is 5.38. The van der Waals surface area contributed by atoms with Crippen LogP contribution >= 0.6 is 0 Å². The SMILES string of the molecule is CCNC(=O)C(C)NC(=O)c1cccn1C1CCNCC1. The minimum absolute atomic E-state index is 0.161. The lowest BCUT2D eigenvalue weighted by molar-refractivity contribution is -0.122. The van der Waals surface area contributed by atoms with Gasteiger partial charge in [0, 0.05) is 18.8 Å². The third-order valence-corrected chi connectivity index (χ3v) is 3.81. The lowest BCUT2D eigenvalue weighted by atomic mass is 10.1. The van der Waals surface area contributed by atoms with Crippen LogP contribution in [0.3, 0.4) is 0 Å². The molecule has 1 unspecified atom stereocenters. The number of piperidine rings is 1. The van der Waals surface area contributed by atoms with E-state index in [9.17, 15) is 9.59 Å². The quantitative estimate of drug-likeness (QED) is 0.746. The standard InChI is InChI=1S/C15H24N4O2/c1-3-17-14(20)11(2)18-15(21)13-5-4-10-19(13)12-6-8-16-9-7-12/h4-5,10-12,16H,3,6-9H2,1-2H3,(H,17,20)(H,18,21). The van der Waals surface area contributed by atoms with Crippen molar-refractivity contribution in [1.82, 2.24) is 20.5 Å². The molecule has 1 aromatic heterocycles. The van der Waals surface area contributed by atoms with Crippen LogP contribution in [-0.2, 0) is 4.79 Å². The summed E-state index contributed by atoms with van der Waals surface area (Å²) in [5, 5.41) is 8.78. The van der Waals surface area contributed by atoms with Gasteiger partial charge in [0.1, 0.15) is 11.7 Å². The third kappa shape index (κ3) is 3.85. The fourth-order valence-corrected chi connectivity index (χ4v) is 2.65. The maximum Gasteiger partial charge on any atom is 0.268 e. The first-order valence-electron chi connectivity index (χ1n) is 7.59. The van der Waals surface area contributed by atoms with Crippen molar-refractivity contribution < 1.29 is 9.59 Å². The monoisotopic (exact) mass is 292 g/mol. The zero-order valence-electron chi connectivity index (χ0n) is 12.7. The van der Waals surface area contributed by atoms with Gasteiger partial charge in [-0.25, -0.2) is 0 Å². The average molecular weight is 292 g/mol. The van der Waals surface area contributed by atoms with Crippen LogP contribution in [0.15, 0.2) is 18.3 Å². The van der Waals surface area contributed by atoms with E-state index < -0.39 is 6.04 Å². The van der Waals surface area contributed by atoms with Gasteiger partial charge in [-0.3, -0.25) is 9.59 Å². The van der Waals surface area contributed by atoms with E-state index in [2.05, 4.69) is 16.0 Å². The molecule has 6 nitrogen and oxygen atoms in total. The maximum absolute atomic E-state index is 12.4. The van der Waals surface area contributed by atoms with E-state index in [4.69, 9.17) is 0 Å². The number of carbonyl (C=O) groups excluding carboxylic acids is 2. The number of aromatic nitrogens is 1. The Bertz CT molecular complexity index is 492. The molecule has 21 heavy (non-hydrogen) atoms. The van der Waals surface area contributed by atoms with Crippen LogP contribution in [0.4, 0.5) is 0 Å². The van der Waals surface area contributed by atoms with Crippen LogP contribution in [0.1, 0.15) is 43.2 Å². The van der Waals surface area contributed by atoms with Crippen molar-refractivity contribution in [2.45, 2.75) is 38.8 Å². The van der Waals surface area contributed by atoms with Gasteiger partial charge in [-0.2, -0.15) is 0 Å². The van der Waals surface area contributed by atoms with E-state index in [1.165, 1.54) is 0 Å². The first-order valence-corrected chi connectivity index (χ1v) is 7.59. The molecule has 2 rings (SSSR count). The minimum Gasteiger partial charge on any atom is -0.355 e. The molecule has 1 saturated heterocycles. The molecule has 1 aromatic rings. The largest absolute Gasteiger partial charge is 0.355 e. The molecule has 0 radical (unpaired) electrons. The smallest absolute Gasteiger partial charge is 0.268 e. The Morgan fingerprint density at radius 2 is 2.14 bits per heavy atom. The van der Waals surface area contributed by atoms with E-state index in [0.29, 0.717) is 18.3 Å². The fourth-order valence-electron chi connectivity index (χ4n) is 2.65. The molecular weight excluding hydrogens is 268 g/mol. The van der Waals surface area contributed by atoms with Gasteiger partial charge in [0.2, 0.25) is 5.91 Å². The molecule has 0 aromatic carbocycles. The van der Waals surface area contributed by atoms with Crippen LogP contribution in [0, 0.1) is 0 Å². The average Bonchev–Trinajstić information content (AvgIpc) is 2.98. The van der Waals surface area contributed by atoms with Crippen LogP contribution < -0.4 is 16.0 Å². The summed E-state index contributed by atoms with van der Waals surface area (Å²) >= 11 is 0. The van der Waals surface area contributed by atoms with Gasteiger partial charge in [-0.15, -0.1) is 0 Å². The summed E-state index contributed by atoms with van der Waals surface area (Å²) < 4.78 is 2.03. The third-order valence-electron chi connectivity index (χ3n) is 3.81. The number of amides is 2. The zero-order valence-corrected chi connectivity index (χ0v) is 12.7. The van der Waals surface area contributed by atoms with Crippen LogP contribution in [0.25, 0.3) is 0 Å². The number of nitrogens with zero attached hydrogens (tertiary/aromatic N) is 1. The second-order valence-corrected chi connectivity index (χ2v) is 5.37. The summed E-state index contributed by atoms with van der Waals surface area (Å²) in [4.78, 5) is 24.1. The van der Waals surface area contributed by atoms with Crippen LogP contribution in [-0.4, -0.2) is 42.1 Å². The Balaban J connectivity index is 2.02. The molecule has 3 N–H and O–H groups in total. The van der Waals surface area contributed by atoms with Gasteiger partial charge in [-0.05, 0) is 51.9 Å². The normalized spacial score (nSPS) is 17.2. The lowest BCUT2D eigenvalue weighted by Gasteiger charge is -2.26. The summed E-state index contributed by atoms with van der Waals surface area (Å²) in [6.07, 6.45) is 3.98. The minimum atomic E-state index is -0.533. The highest BCUT2D eigenvalue weighted by atomic mass is 16.2. The first-order chi connectivity index (χ1) is 10.1. The van der Waals surface area contributed by atoms with E-state index in [-0.39, 0.29) is 11.8 Å². The fraction of sp³-hybridized carbons (Fsp3) is 0.600. The molecule has 0 aliphatic carbocycles.